The molecule has 6 heteroatoms. The molecule has 1 aliphatic carbocycles. The van der Waals surface area contributed by atoms with E-state index < -0.39 is 23.5 Å². The van der Waals surface area contributed by atoms with Crippen molar-refractivity contribution in [1.82, 2.24) is 5.32 Å². The lowest BCUT2D eigenvalue weighted by molar-refractivity contribution is -0.138. The summed E-state index contributed by atoms with van der Waals surface area (Å²) in [6.45, 7) is 0. The summed E-state index contributed by atoms with van der Waals surface area (Å²) in [5, 5.41) is 11.5. The summed E-state index contributed by atoms with van der Waals surface area (Å²) < 4.78 is 26.3. The van der Waals surface area contributed by atoms with Crippen molar-refractivity contribution >= 4 is 11.9 Å². The molecule has 2 rings (SSSR count). The zero-order chi connectivity index (χ0) is 15.4. The van der Waals surface area contributed by atoms with Crippen LogP contribution in [0.1, 0.15) is 42.5 Å². The predicted octanol–water partition coefficient (Wildman–Crippen LogP) is 2.73. The second-order valence-corrected chi connectivity index (χ2v) is 5.41. The largest absolute Gasteiger partial charge is 0.481 e. The minimum atomic E-state index is -0.882. The highest BCUT2D eigenvalue weighted by Crippen LogP contribution is 2.27. The smallest absolute Gasteiger partial charge is 0.303 e. The predicted molar refractivity (Wildman–Crippen MR) is 71.8 cm³/mol. The van der Waals surface area contributed by atoms with E-state index >= 15 is 0 Å². The fraction of sp³-hybridized carbons (Fsp3) is 0.467. The summed E-state index contributed by atoms with van der Waals surface area (Å²) >= 11 is 0. The average Bonchev–Trinajstić information content (AvgIpc) is 2.40. The molecule has 114 valence electrons. The van der Waals surface area contributed by atoms with Crippen molar-refractivity contribution in [2.75, 3.05) is 0 Å². The van der Waals surface area contributed by atoms with Crippen molar-refractivity contribution in [2.24, 2.45) is 5.92 Å². The molecular formula is C15H17F2NO3. The number of amides is 1. The molecule has 0 aromatic heterocycles. The summed E-state index contributed by atoms with van der Waals surface area (Å²) in [6.07, 6.45) is 2.94. The van der Waals surface area contributed by atoms with Crippen molar-refractivity contribution in [2.45, 2.75) is 38.1 Å². The Morgan fingerprint density at radius 2 is 1.86 bits per heavy atom. The molecule has 1 fully saturated rings. The highest BCUT2D eigenvalue weighted by Gasteiger charge is 2.25. The Hall–Kier alpha value is -1.98. The summed E-state index contributed by atoms with van der Waals surface area (Å²) in [6, 6.07) is 2.75. The maximum Gasteiger partial charge on any atom is 0.303 e. The molecule has 1 amide bonds. The number of carboxylic acid groups (broad SMARTS) is 1. The van der Waals surface area contributed by atoms with E-state index in [9.17, 15) is 18.4 Å². The van der Waals surface area contributed by atoms with Gasteiger partial charge in [0.25, 0.3) is 5.91 Å². The van der Waals surface area contributed by atoms with Crippen LogP contribution in [0.2, 0.25) is 0 Å². The number of hydrogen-bond acceptors (Lipinski definition) is 2. The van der Waals surface area contributed by atoms with Gasteiger partial charge in [-0.1, -0.05) is 0 Å². The topological polar surface area (TPSA) is 66.4 Å². The maximum absolute atomic E-state index is 13.5. The zero-order valence-electron chi connectivity index (χ0n) is 11.4. The average molecular weight is 297 g/mol. The Balaban J connectivity index is 1.88. The van der Waals surface area contributed by atoms with Gasteiger partial charge in [0, 0.05) is 18.5 Å². The first-order valence-electron chi connectivity index (χ1n) is 6.93. The molecule has 0 radical (unpaired) electrons. The van der Waals surface area contributed by atoms with E-state index in [1.54, 1.807) is 0 Å². The van der Waals surface area contributed by atoms with Crippen LogP contribution in [0.15, 0.2) is 18.2 Å². The van der Waals surface area contributed by atoms with E-state index in [1.807, 2.05) is 0 Å². The van der Waals surface area contributed by atoms with Gasteiger partial charge in [-0.15, -0.1) is 0 Å². The Morgan fingerprint density at radius 3 is 2.43 bits per heavy atom. The third kappa shape index (κ3) is 4.24. The van der Waals surface area contributed by atoms with Crippen LogP contribution < -0.4 is 5.32 Å². The molecule has 2 N–H and O–H groups in total. The monoisotopic (exact) mass is 297 g/mol. The molecule has 0 atom stereocenters. The summed E-state index contributed by atoms with van der Waals surface area (Å²) in [5.41, 5.74) is -0.177. The van der Waals surface area contributed by atoms with E-state index in [0.29, 0.717) is 18.9 Å². The molecule has 0 aliphatic heterocycles. The van der Waals surface area contributed by atoms with Crippen molar-refractivity contribution in [3.63, 3.8) is 0 Å². The fourth-order valence-electron chi connectivity index (χ4n) is 2.69. The molecule has 21 heavy (non-hydrogen) atoms. The SMILES string of the molecule is O=C(O)CC1CCC(NC(=O)c2ccc(F)cc2F)CC1. The lowest BCUT2D eigenvalue weighted by Crippen LogP contribution is -2.38. The molecule has 1 aromatic carbocycles. The summed E-state index contributed by atoms with van der Waals surface area (Å²) in [4.78, 5) is 22.6. The van der Waals surface area contributed by atoms with Crippen molar-refractivity contribution < 1.29 is 23.5 Å². The van der Waals surface area contributed by atoms with Gasteiger partial charge in [0.05, 0.1) is 5.56 Å². The lowest BCUT2D eigenvalue weighted by atomic mass is 9.84. The van der Waals surface area contributed by atoms with Crippen molar-refractivity contribution in [3.05, 3.63) is 35.4 Å². The van der Waals surface area contributed by atoms with Gasteiger partial charge in [0.15, 0.2) is 0 Å². The number of carbonyl (C=O) groups excluding carboxylic acids is 1. The minimum absolute atomic E-state index is 0.0907. The molecule has 1 aliphatic rings. The second-order valence-electron chi connectivity index (χ2n) is 5.41. The molecule has 0 unspecified atom stereocenters. The van der Waals surface area contributed by atoms with Crippen LogP contribution >= 0.6 is 0 Å². The summed E-state index contributed by atoms with van der Waals surface area (Å²) in [7, 11) is 0. The lowest BCUT2D eigenvalue weighted by Gasteiger charge is -2.28. The normalized spacial score (nSPS) is 21.8. The van der Waals surface area contributed by atoms with E-state index in [2.05, 4.69) is 5.32 Å². The van der Waals surface area contributed by atoms with E-state index in [4.69, 9.17) is 5.11 Å². The Bertz CT molecular complexity index is 540. The molecule has 1 aromatic rings. The number of halogens is 2. The highest BCUT2D eigenvalue weighted by atomic mass is 19.1. The van der Waals surface area contributed by atoms with Gasteiger partial charge < -0.3 is 10.4 Å². The van der Waals surface area contributed by atoms with Gasteiger partial charge in [0.1, 0.15) is 11.6 Å². The molecule has 1 saturated carbocycles. The van der Waals surface area contributed by atoms with Crippen LogP contribution in [0.5, 0.6) is 0 Å². The Kier molecular flexibility index (Phi) is 4.88. The molecular weight excluding hydrogens is 280 g/mol. The first kappa shape index (κ1) is 15.4. The van der Waals surface area contributed by atoms with E-state index in [1.165, 1.54) is 0 Å². The number of nitrogens with one attached hydrogen (secondary N) is 1. The van der Waals surface area contributed by atoms with E-state index in [0.717, 1.165) is 25.0 Å². The van der Waals surface area contributed by atoms with Crippen LogP contribution in [0, 0.1) is 17.6 Å². The third-order valence-corrected chi connectivity index (χ3v) is 3.82. The van der Waals surface area contributed by atoms with Gasteiger partial charge in [-0.2, -0.15) is 0 Å². The first-order chi connectivity index (χ1) is 9.95. The zero-order valence-corrected chi connectivity index (χ0v) is 11.4. The number of carbonyl (C=O) groups is 2. The maximum atomic E-state index is 13.5. The minimum Gasteiger partial charge on any atom is -0.481 e. The van der Waals surface area contributed by atoms with Gasteiger partial charge >= 0.3 is 5.97 Å². The standard InChI is InChI=1S/C15H17F2NO3/c16-10-3-6-12(13(17)8-10)15(21)18-11-4-1-9(2-5-11)7-14(19)20/h3,6,8-9,11H,1-2,4-5,7H2,(H,18,21)(H,19,20). The van der Waals surface area contributed by atoms with Crippen molar-refractivity contribution in [3.8, 4) is 0 Å². The number of benzene rings is 1. The second kappa shape index (κ2) is 6.65. The van der Waals surface area contributed by atoms with Crippen LogP contribution in [0.3, 0.4) is 0 Å². The molecule has 0 heterocycles. The highest BCUT2D eigenvalue weighted by molar-refractivity contribution is 5.94. The van der Waals surface area contributed by atoms with Crippen LogP contribution in [0.25, 0.3) is 0 Å². The number of aliphatic carboxylic acids is 1. The Morgan fingerprint density at radius 1 is 1.19 bits per heavy atom. The van der Waals surface area contributed by atoms with E-state index in [-0.39, 0.29) is 23.9 Å². The van der Waals surface area contributed by atoms with Crippen molar-refractivity contribution in [1.29, 1.82) is 0 Å². The number of rotatable bonds is 4. The van der Waals surface area contributed by atoms with Crippen LogP contribution in [-0.2, 0) is 4.79 Å². The van der Waals surface area contributed by atoms with Gasteiger partial charge in [-0.3, -0.25) is 9.59 Å². The fourth-order valence-corrected chi connectivity index (χ4v) is 2.69. The molecule has 0 saturated heterocycles. The quantitative estimate of drug-likeness (QED) is 0.898. The molecule has 0 bridgehead atoms. The molecule has 4 nitrogen and oxygen atoms in total. The van der Waals surface area contributed by atoms with Gasteiger partial charge in [-0.05, 0) is 43.7 Å². The van der Waals surface area contributed by atoms with Crippen LogP contribution in [0.4, 0.5) is 8.78 Å². The number of hydrogen-bond donors (Lipinski definition) is 2. The Labute approximate surface area is 121 Å². The first-order valence-corrected chi connectivity index (χ1v) is 6.93. The van der Waals surface area contributed by atoms with Crippen LogP contribution in [-0.4, -0.2) is 23.0 Å². The molecule has 0 spiro atoms. The van der Waals surface area contributed by atoms with Gasteiger partial charge in [-0.25, -0.2) is 8.78 Å². The summed E-state index contributed by atoms with van der Waals surface area (Å²) in [5.74, 6) is -2.84. The van der Waals surface area contributed by atoms with Gasteiger partial charge in [0.2, 0.25) is 0 Å². The third-order valence-electron chi connectivity index (χ3n) is 3.82. The number of carboxylic acids is 1.